The first-order chi connectivity index (χ1) is 5.36. The average Bonchev–Trinajstić information content (AvgIpc) is 2.04. The largest absolute Gasteiger partial charge is 0.326 e. The van der Waals surface area contributed by atoms with E-state index in [9.17, 15) is 4.79 Å². The van der Waals surface area contributed by atoms with Crippen molar-refractivity contribution < 1.29 is 4.79 Å². The Morgan fingerprint density at radius 1 is 1.27 bits per heavy atom. The zero-order chi connectivity index (χ0) is 7.68. The van der Waals surface area contributed by atoms with Gasteiger partial charge in [-0.05, 0) is 12.1 Å². The summed E-state index contributed by atoms with van der Waals surface area (Å²) in [5.74, 6) is 0. The lowest BCUT2D eigenvalue weighted by molar-refractivity contribution is 0.257. The van der Waals surface area contributed by atoms with Gasteiger partial charge in [0.15, 0.2) is 0 Å². The Bertz CT molecular complexity index is 300. The molecule has 0 fully saturated rings. The number of urea groups is 1. The highest BCUT2D eigenvalue weighted by Gasteiger charge is 2.09. The van der Waals surface area contributed by atoms with Crippen LogP contribution in [0.1, 0.15) is 0 Å². The molecule has 11 heavy (non-hydrogen) atoms. The molecule has 0 spiro atoms. The van der Waals surface area contributed by atoms with Crippen molar-refractivity contribution in [3.63, 3.8) is 0 Å². The summed E-state index contributed by atoms with van der Waals surface area (Å²) in [7, 11) is 0. The molecular weight excluding hydrogens is 160 g/mol. The van der Waals surface area contributed by atoms with E-state index >= 15 is 0 Å². The van der Waals surface area contributed by atoms with Crippen LogP contribution in [0.3, 0.4) is 0 Å². The van der Waals surface area contributed by atoms with Crippen LogP contribution in [0.5, 0.6) is 0 Å². The standard InChI is InChI=1S/C7H9N2OS/c10-7-8-5-3-1-2-4-6(5)11-9-7/h1-4H,11H3,(H2,8,9,10). The maximum absolute atomic E-state index is 10.8. The smallest absolute Gasteiger partial charge is 0.311 e. The first-order valence-corrected chi connectivity index (χ1v) is 4.51. The number of carbonyl (C=O) groups excluding carboxylic acids is 1. The minimum atomic E-state index is -0.0845. The molecule has 1 aromatic rings. The molecule has 4 heteroatoms. The van der Waals surface area contributed by atoms with Gasteiger partial charge in [0.25, 0.3) is 0 Å². The van der Waals surface area contributed by atoms with Gasteiger partial charge in [-0.1, -0.05) is 12.1 Å². The molecule has 1 aliphatic heterocycles. The van der Waals surface area contributed by atoms with E-state index in [0.29, 0.717) is 0 Å². The highest BCUT2D eigenvalue weighted by molar-refractivity contribution is 7.98. The van der Waals surface area contributed by atoms with E-state index in [4.69, 9.17) is 0 Å². The average molecular weight is 169 g/mol. The molecule has 1 aliphatic rings. The summed E-state index contributed by atoms with van der Waals surface area (Å²) < 4.78 is 2.77. The van der Waals surface area contributed by atoms with Crippen molar-refractivity contribution in [2.24, 2.45) is 0 Å². The van der Waals surface area contributed by atoms with Gasteiger partial charge in [-0.25, -0.2) is 16.7 Å². The number of fused-ring (bicyclic) bond motifs is 1. The Balaban J connectivity index is 2.41. The predicted octanol–water partition coefficient (Wildman–Crippen LogP) is 1.03. The lowest BCUT2D eigenvalue weighted by Gasteiger charge is -2.19. The minimum Gasteiger partial charge on any atom is -0.311 e. The number of amides is 2. The van der Waals surface area contributed by atoms with Crippen molar-refractivity contribution in [3.8, 4) is 0 Å². The van der Waals surface area contributed by atoms with Gasteiger partial charge >= 0.3 is 6.03 Å². The van der Waals surface area contributed by atoms with Gasteiger partial charge in [0.2, 0.25) is 0 Å². The molecule has 3 nitrogen and oxygen atoms in total. The second kappa shape index (κ2) is 2.47. The van der Waals surface area contributed by atoms with Crippen LogP contribution in [0.2, 0.25) is 0 Å². The molecule has 2 rings (SSSR count). The molecule has 0 atom stereocenters. The van der Waals surface area contributed by atoms with Crippen LogP contribution < -0.4 is 10.0 Å². The number of carbonyl (C=O) groups is 1. The van der Waals surface area contributed by atoms with Gasteiger partial charge in [0, 0.05) is 4.90 Å². The molecule has 0 saturated carbocycles. The number of anilines is 1. The SMILES string of the molecule is O=C1N[SH3]c2ccccc2N1. The third-order valence-corrected chi connectivity index (χ3v) is 2.79. The Labute approximate surface area is 68.3 Å². The quantitative estimate of drug-likeness (QED) is 0.598. The van der Waals surface area contributed by atoms with Gasteiger partial charge in [-0.2, -0.15) is 0 Å². The van der Waals surface area contributed by atoms with E-state index in [0.717, 1.165) is 5.69 Å². The molecule has 0 aromatic heterocycles. The molecule has 2 amide bonds. The third-order valence-electron chi connectivity index (χ3n) is 1.57. The minimum absolute atomic E-state index is 0.0808. The van der Waals surface area contributed by atoms with Crippen molar-refractivity contribution in [1.82, 2.24) is 4.72 Å². The van der Waals surface area contributed by atoms with Crippen LogP contribution in [0, 0.1) is 0 Å². The summed E-state index contributed by atoms with van der Waals surface area (Å²) in [5.41, 5.74) is 0.950. The van der Waals surface area contributed by atoms with E-state index in [1.165, 1.54) is 4.90 Å². The molecule has 0 aliphatic carbocycles. The summed E-state index contributed by atoms with van der Waals surface area (Å²) in [6.45, 7) is 0. The van der Waals surface area contributed by atoms with Gasteiger partial charge in [-0.15, -0.1) is 0 Å². The van der Waals surface area contributed by atoms with Crippen LogP contribution in [0.4, 0.5) is 10.5 Å². The van der Waals surface area contributed by atoms with Crippen molar-refractivity contribution in [1.29, 1.82) is 0 Å². The normalized spacial score (nSPS) is 15.5. The van der Waals surface area contributed by atoms with E-state index in [-0.39, 0.29) is 18.0 Å². The fourth-order valence-electron chi connectivity index (χ4n) is 1.04. The van der Waals surface area contributed by atoms with Crippen molar-refractivity contribution in [2.75, 3.05) is 5.32 Å². The van der Waals surface area contributed by atoms with E-state index < -0.39 is 0 Å². The van der Waals surface area contributed by atoms with Gasteiger partial charge in [0.05, 0.1) is 5.69 Å². The molecule has 59 valence electrons. The van der Waals surface area contributed by atoms with Crippen molar-refractivity contribution >= 4 is 23.7 Å². The summed E-state index contributed by atoms with van der Waals surface area (Å²) in [6.07, 6.45) is 0. The Morgan fingerprint density at radius 3 is 3.00 bits per heavy atom. The van der Waals surface area contributed by atoms with Crippen LogP contribution in [0.15, 0.2) is 29.2 Å². The van der Waals surface area contributed by atoms with Gasteiger partial charge in [0.1, 0.15) is 0 Å². The van der Waals surface area contributed by atoms with E-state index in [1.54, 1.807) is 0 Å². The molecule has 2 N–H and O–H groups in total. The molecular formula is C7H9N2OS. The molecule has 0 bridgehead atoms. The second-order valence-electron chi connectivity index (χ2n) is 2.33. The molecule has 0 saturated heterocycles. The topological polar surface area (TPSA) is 41.1 Å². The first-order valence-electron chi connectivity index (χ1n) is 3.36. The number of hydrogen-bond donors (Lipinski definition) is 2. The van der Waals surface area contributed by atoms with Crippen molar-refractivity contribution in [3.05, 3.63) is 24.3 Å². The Morgan fingerprint density at radius 2 is 2.09 bits per heavy atom. The lowest BCUT2D eigenvalue weighted by Crippen LogP contribution is -2.26. The van der Waals surface area contributed by atoms with Crippen LogP contribution >= 0.6 is 11.9 Å². The van der Waals surface area contributed by atoms with Gasteiger partial charge in [-0.3, -0.25) is 0 Å². The van der Waals surface area contributed by atoms with Crippen LogP contribution in [-0.4, -0.2) is 6.03 Å². The molecule has 1 heterocycles. The zero-order valence-electron chi connectivity index (χ0n) is 5.79. The second-order valence-corrected chi connectivity index (χ2v) is 3.53. The van der Waals surface area contributed by atoms with E-state index in [2.05, 4.69) is 10.0 Å². The maximum Gasteiger partial charge on any atom is 0.326 e. The molecule has 1 aromatic carbocycles. The third kappa shape index (κ3) is 1.17. The summed E-state index contributed by atoms with van der Waals surface area (Å²) >= 11 is -0.0808. The fourth-order valence-corrected chi connectivity index (χ4v) is 1.93. The number of hydrogen-bond acceptors (Lipinski definition) is 1. The zero-order valence-corrected chi connectivity index (χ0v) is 6.95. The highest BCUT2D eigenvalue weighted by Crippen LogP contribution is 2.27. The van der Waals surface area contributed by atoms with Gasteiger partial charge < -0.3 is 10.0 Å². The maximum atomic E-state index is 10.8. The number of benzene rings is 1. The highest BCUT2D eigenvalue weighted by atomic mass is 32.2. The van der Waals surface area contributed by atoms with Crippen LogP contribution in [-0.2, 0) is 0 Å². The molecule has 0 unspecified atom stereocenters. The number of nitrogens with one attached hydrogen (secondary N) is 2. The summed E-state index contributed by atoms with van der Waals surface area (Å²) in [4.78, 5) is 12.0. The van der Waals surface area contributed by atoms with Crippen molar-refractivity contribution in [2.45, 2.75) is 4.90 Å². The number of para-hydroxylation sites is 1. The predicted molar refractivity (Wildman–Crippen MR) is 48.6 cm³/mol. The number of rotatable bonds is 0. The van der Waals surface area contributed by atoms with Crippen LogP contribution in [0.25, 0.3) is 0 Å². The van der Waals surface area contributed by atoms with E-state index in [1.807, 2.05) is 24.3 Å². The fraction of sp³-hybridized carbons (Fsp3) is 0. The monoisotopic (exact) mass is 169 g/mol. The Kier molecular flexibility index (Phi) is 1.47. The summed E-state index contributed by atoms with van der Waals surface area (Å²) in [5, 5.41) is 2.73. The summed E-state index contributed by atoms with van der Waals surface area (Å²) in [6, 6.07) is 7.76. The Hall–Kier alpha value is -1.16. The first kappa shape index (κ1) is 6.54. The molecule has 1 radical (unpaired) electrons. The lowest BCUT2D eigenvalue weighted by atomic mass is 10.3.